The molecule has 2 aliphatic heterocycles. The Morgan fingerprint density at radius 3 is 3.09 bits per heavy atom. The lowest BCUT2D eigenvalue weighted by molar-refractivity contribution is -0.118. The van der Waals surface area contributed by atoms with Gasteiger partial charge in [-0.3, -0.25) is 4.90 Å². The van der Waals surface area contributed by atoms with Crippen LogP contribution < -0.4 is 4.72 Å². The summed E-state index contributed by atoms with van der Waals surface area (Å²) < 4.78 is 32.2. The van der Waals surface area contributed by atoms with Crippen molar-refractivity contribution in [3.8, 4) is 0 Å². The number of hydrogen-bond donors (Lipinski definition) is 1. The molecular weight excluding hydrogens is 332 g/mol. The van der Waals surface area contributed by atoms with E-state index in [1.54, 1.807) is 18.3 Å². The van der Waals surface area contributed by atoms with E-state index in [0.717, 1.165) is 45.3 Å². The second-order valence-electron chi connectivity index (χ2n) is 6.66. The largest absolute Gasteiger partial charge is 0.369 e. The van der Waals surface area contributed by atoms with E-state index in [1.807, 2.05) is 0 Å². The van der Waals surface area contributed by atoms with E-state index >= 15 is 0 Å². The van der Waals surface area contributed by atoms with E-state index in [1.165, 1.54) is 5.56 Å². The van der Waals surface area contributed by atoms with Crippen LogP contribution in [-0.4, -0.2) is 50.4 Å². The molecule has 0 aromatic carbocycles. The van der Waals surface area contributed by atoms with Crippen molar-refractivity contribution in [1.82, 2.24) is 9.62 Å². The highest BCUT2D eigenvalue weighted by Crippen LogP contribution is 2.37. The molecule has 0 unspecified atom stereocenters. The fourth-order valence-electron chi connectivity index (χ4n) is 3.59. The van der Waals surface area contributed by atoms with Gasteiger partial charge in [-0.05, 0) is 55.0 Å². The highest BCUT2D eigenvalue weighted by atomic mass is 32.2. The molecule has 130 valence electrons. The summed E-state index contributed by atoms with van der Waals surface area (Å²) in [5, 5.41) is 4.32. The van der Waals surface area contributed by atoms with Crippen LogP contribution >= 0.6 is 11.3 Å². The van der Waals surface area contributed by atoms with Crippen LogP contribution in [0.4, 0.5) is 0 Å². The predicted molar refractivity (Wildman–Crippen MR) is 93.1 cm³/mol. The van der Waals surface area contributed by atoms with E-state index in [4.69, 9.17) is 4.74 Å². The van der Waals surface area contributed by atoms with Crippen LogP contribution in [0, 0.1) is 0 Å². The minimum Gasteiger partial charge on any atom is -0.369 e. The van der Waals surface area contributed by atoms with Gasteiger partial charge in [-0.1, -0.05) is 0 Å². The lowest BCUT2D eigenvalue weighted by atomic mass is 9.90. The van der Waals surface area contributed by atoms with E-state index in [2.05, 4.69) is 26.4 Å². The number of nitrogens with one attached hydrogen (secondary N) is 1. The summed E-state index contributed by atoms with van der Waals surface area (Å²) >= 11 is 1.74. The van der Waals surface area contributed by atoms with Gasteiger partial charge in [-0.2, -0.15) is 11.3 Å². The molecule has 2 fully saturated rings. The summed E-state index contributed by atoms with van der Waals surface area (Å²) in [5.41, 5.74) is 1.30. The maximum atomic E-state index is 11.6. The Morgan fingerprint density at radius 2 is 2.35 bits per heavy atom. The van der Waals surface area contributed by atoms with Gasteiger partial charge in [0, 0.05) is 26.2 Å². The summed E-state index contributed by atoms with van der Waals surface area (Å²) in [6, 6.07) is 2.18. The molecule has 0 aliphatic carbocycles. The van der Waals surface area contributed by atoms with Crippen molar-refractivity contribution < 1.29 is 13.2 Å². The van der Waals surface area contributed by atoms with E-state index in [-0.39, 0.29) is 17.5 Å². The molecule has 1 aromatic rings. The summed E-state index contributed by atoms with van der Waals surface area (Å²) in [7, 11) is -3.14. The number of hydrogen-bond acceptors (Lipinski definition) is 5. The van der Waals surface area contributed by atoms with Crippen LogP contribution in [0.1, 0.15) is 38.2 Å². The lowest BCUT2D eigenvalue weighted by Gasteiger charge is -2.39. The van der Waals surface area contributed by atoms with Gasteiger partial charge in [-0.15, -0.1) is 0 Å². The van der Waals surface area contributed by atoms with Crippen LogP contribution in [0.5, 0.6) is 0 Å². The van der Waals surface area contributed by atoms with Crippen molar-refractivity contribution in [2.24, 2.45) is 0 Å². The number of sulfonamides is 1. The molecular formula is C16H26N2O3S2. The molecule has 0 radical (unpaired) electrons. The number of ether oxygens (including phenoxy) is 1. The average molecular weight is 359 g/mol. The SMILES string of the molecule is CCS(=O)(=O)NC[C@H]1CCC[C@]2(CCN(Cc3ccsc3)C2)O1. The number of thiophene rings is 1. The minimum atomic E-state index is -3.14. The molecule has 5 nitrogen and oxygen atoms in total. The first-order valence-electron chi connectivity index (χ1n) is 8.39. The topological polar surface area (TPSA) is 58.6 Å². The third kappa shape index (κ3) is 4.54. The zero-order chi connectivity index (χ0) is 16.3. The standard InChI is InChI=1S/C16H26N2O3S2/c1-2-23(19,20)17-10-15-4-3-6-16(21-15)7-8-18(13-16)11-14-5-9-22-12-14/h5,9,12,15,17H,2-4,6-8,10-11,13H2,1H3/t15-,16-/m1/s1. The molecule has 1 N–H and O–H groups in total. The van der Waals surface area contributed by atoms with Crippen LogP contribution in [0.25, 0.3) is 0 Å². The summed E-state index contributed by atoms with van der Waals surface area (Å²) in [6.45, 7) is 5.07. The number of likely N-dealkylation sites (tertiary alicyclic amines) is 1. The Hall–Kier alpha value is -0.470. The van der Waals surface area contributed by atoms with Crippen LogP contribution in [0.2, 0.25) is 0 Å². The fraction of sp³-hybridized carbons (Fsp3) is 0.750. The minimum absolute atomic E-state index is 0.00572. The first-order valence-corrected chi connectivity index (χ1v) is 11.0. The second kappa shape index (κ2) is 7.19. The molecule has 3 rings (SSSR count). The third-order valence-electron chi connectivity index (χ3n) is 4.87. The summed E-state index contributed by atoms with van der Waals surface area (Å²) in [4.78, 5) is 2.46. The maximum absolute atomic E-state index is 11.6. The van der Waals surface area contributed by atoms with Crippen molar-refractivity contribution in [2.45, 2.75) is 50.9 Å². The zero-order valence-electron chi connectivity index (χ0n) is 13.7. The molecule has 1 spiro atoms. The van der Waals surface area contributed by atoms with Gasteiger partial charge in [-0.25, -0.2) is 13.1 Å². The Bertz CT molecular complexity index is 603. The van der Waals surface area contributed by atoms with Crippen molar-refractivity contribution in [3.63, 3.8) is 0 Å². The average Bonchev–Trinajstić information content (AvgIpc) is 3.17. The van der Waals surface area contributed by atoms with Gasteiger partial charge >= 0.3 is 0 Å². The Kier molecular flexibility index (Phi) is 5.42. The van der Waals surface area contributed by atoms with Crippen molar-refractivity contribution in [3.05, 3.63) is 22.4 Å². The third-order valence-corrected chi connectivity index (χ3v) is 6.97. The monoisotopic (exact) mass is 358 g/mol. The smallest absolute Gasteiger partial charge is 0.211 e. The van der Waals surface area contributed by atoms with Crippen LogP contribution in [0.15, 0.2) is 16.8 Å². The molecule has 0 saturated carbocycles. The highest BCUT2D eigenvalue weighted by molar-refractivity contribution is 7.89. The molecule has 7 heteroatoms. The van der Waals surface area contributed by atoms with Crippen molar-refractivity contribution >= 4 is 21.4 Å². The Labute approximate surface area is 143 Å². The first kappa shape index (κ1) is 17.4. The van der Waals surface area contributed by atoms with Crippen LogP contribution in [0.3, 0.4) is 0 Å². The van der Waals surface area contributed by atoms with Gasteiger partial charge < -0.3 is 4.74 Å². The van der Waals surface area contributed by atoms with Gasteiger partial charge in [0.05, 0.1) is 17.5 Å². The summed E-state index contributed by atoms with van der Waals surface area (Å²) in [5.74, 6) is 0.124. The number of rotatable bonds is 6. The van der Waals surface area contributed by atoms with Crippen molar-refractivity contribution in [1.29, 1.82) is 0 Å². The quantitative estimate of drug-likeness (QED) is 0.847. The highest BCUT2D eigenvalue weighted by Gasteiger charge is 2.42. The molecule has 3 heterocycles. The van der Waals surface area contributed by atoms with Crippen molar-refractivity contribution in [2.75, 3.05) is 25.4 Å². The van der Waals surface area contributed by atoms with Gasteiger partial charge in [0.2, 0.25) is 10.0 Å². The van der Waals surface area contributed by atoms with E-state index in [0.29, 0.717) is 6.54 Å². The second-order valence-corrected chi connectivity index (χ2v) is 9.53. The lowest BCUT2D eigenvalue weighted by Crippen LogP contribution is -2.46. The normalized spacial score (nSPS) is 29.3. The van der Waals surface area contributed by atoms with Gasteiger partial charge in [0.1, 0.15) is 0 Å². The molecule has 0 amide bonds. The molecule has 2 saturated heterocycles. The Morgan fingerprint density at radius 1 is 1.48 bits per heavy atom. The molecule has 23 heavy (non-hydrogen) atoms. The maximum Gasteiger partial charge on any atom is 0.211 e. The van der Waals surface area contributed by atoms with E-state index in [9.17, 15) is 8.42 Å². The molecule has 2 aliphatic rings. The first-order chi connectivity index (χ1) is 11.0. The van der Waals surface area contributed by atoms with Gasteiger partial charge in [0.15, 0.2) is 0 Å². The van der Waals surface area contributed by atoms with Crippen LogP contribution in [-0.2, 0) is 21.3 Å². The zero-order valence-corrected chi connectivity index (χ0v) is 15.3. The summed E-state index contributed by atoms with van der Waals surface area (Å²) in [6.07, 6.45) is 4.20. The fourth-order valence-corrected chi connectivity index (χ4v) is 4.90. The van der Waals surface area contributed by atoms with E-state index < -0.39 is 10.0 Å². The Balaban J connectivity index is 1.53. The number of nitrogens with zero attached hydrogens (tertiary/aromatic N) is 1. The predicted octanol–water partition coefficient (Wildman–Crippen LogP) is 2.20. The molecule has 2 atom stereocenters. The molecule has 0 bridgehead atoms. The van der Waals surface area contributed by atoms with Gasteiger partial charge in [0.25, 0.3) is 0 Å². The molecule has 1 aromatic heterocycles.